The van der Waals surface area contributed by atoms with Crippen molar-refractivity contribution in [3.63, 3.8) is 0 Å². The third-order valence-corrected chi connectivity index (χ3v) is 10.5. The number of phosphoric ester groups is 1. The first kappa shape index (κ1) is 37.0. The Bertz CT molecular complexity index is 1830. The lowest BCUT2D eigenvalue weighted by Gasteiger charge is -2.20. The number of fused-ring (bicyclic) bond motifs is 1. The van der Waals surface area contributed by atoms with Gasteiger partial charge in [-0.2, -0.15) is 13.6 Å². The van der Waals surface area contributed by atoms with E-state index in [1.165, 1.54) is 22.9 Å². The van der Waals surface area contributed by atoms with E-state index in [4.69, 9.17) is 25.0 Å². The maximum Gasteiger partial charge on any atom is 0.490 e. The quantitative estimate of drug-likeness (QED) is 0.0671. The number of nitro benzene ring substituents is 1. The van der Waals surface area contributed by atoms with Crippen molar-refractivity contribution in [1.82, 2.24) is 14.5 Å². The van der Waals surface area contributed by atoms with E-state index in [-0.39, 0.29) is 47.2 Å². The molecule has 1 aliphatic rings. The molecule has 0 saturated carbocycles. The van der Waals surface area contributed by atoms with Crippen LogP contribution in [-0.4, -0.2) is 63.0 Å². The monoisotopic (exact) mass is 727 g/mol. The summed E-state index contributed by atoms with van der Waals surface area (Å²) in [6, 6.07) is 6.12. The van der Waals surface area contributed by atoms with Crippen molar-refractivity contribution in [1.29, 1.82) is 0 Å². The fraction of sp³-hybridized carbons (Fsp3) is 0.478. The van der Waals surface area contributed by atoms with Crippen LogP contribution in [-0.2, 0) is 42.9 Å². The van der Waals surface area contributed by atoms with E-state index in [9.17, 15) is 43.5 Å². The summed E-state index contributed by atoms with van der Waals surface area (Å²) < 4.78 is 59.7. The van der Waals surface area contributed by atoms with Crippen molar-refractivity contribution in [2.75, 3.05) is 12.3 Å². The molecule has 4 rings (SSSR count). The topological polar surface area (TPSA) is 318 Å². The molecule has 0 aliphatic carbocycles. The Morgan fingerprint density at radius 2 is 1.85 bits per heavy atom. The smallest absolute Gasteiger partial charge is 0.390 e. The van der Waals surface area contributed by atoms with Gasteiger partial charge in [-0.1, -0.05) is 26.0 Å². The van der Waals surface area contributed by atoms with E-state index in [1.807, 2.05) is 13.8 Å². The molecule has 0 radical (unpaired) electrons. The third-order valence-electron chi connectivity index (χ3n) is 6.72. The predicted octanol–water partition coefficient (Wildman–Crippen LogP) is 2.51. The lowest BCUT2D eigenvalue weighted by Crippen LogP contribution is -2.26. The molecule has 0 bridgehead atoms. The summed E-state index contributed by atoms with van der Waals surface area (Å²) in [7, 11) is -16.9. The molecule has 0 spiro atoms. The molecule has 1 aromatic carbocycles. The number of nitrogens with zero attached hydrogens (tertiary/aromatic N) is 3. The molecule has 2 aromatic heterocycles. The fourth-order valence-electron chi connectivity index (χ4n) is 4.91. The lowest BCUT2D eigenvalue weighted by atomic mass is 9.98. The first-order valence-corrected chi connectivity index (χ1v) is 18.1. The second-order valence-corrected chi connectivity index (χ2v) is 15.2. The molecule has 260 valence electrons. The standard InChI is InChI=1S/C23H32N5O16P3/c1-12(2)7-17(14-5-3-4-6-15(14)28(31)32)40-10-13-9-27(21-20(13)22(30)26-23(24)25-21)19-8-16(29)18(42-19)11-41-46(36,37)44-47(38,39)43-45(33,34)35/h3-6,9,12,16-19,29H,7-8,10-11H2,1-2H3,(H,36,37)(H,38,39)(H2,33,34,35)(H3,24,25,26,30)/t16-,17?,18-,19-/m1/s1. The van der Waals surface area contributed by atoms with Gasteiger partial charge in [0, 0.05) is 24.2 Å². The van der Waals surface area contributed by atoms with Crippen molar-refractivity contribution >= 4 is 46.1 Å². The maximum atomic E-state index is 13.0. The van der Waals surface area contributed by atoms with E-state index < -0.39 is 65.1 Å². The summed E-state index contributed by atoms with van der Waals surface area (Å²) in [4.78, 5) is 67.2. The Kier molecular flexibility index (Phi) is 11.3. The average molecular weight is 727 g/mol. The number of aromatic amines is 1. The Hall–Kier alpha value is -2.87. The molecule has 6 atom stereocenters. The number of benzene rings is 1. The minimum absolute atomic E-state index is 0.0155. The second-order valence-electron chi connectivity index (χ2n) is 10.8. The number of rotatable bonds is 15. The Morgan fingerprint density at radius 1 is 1.17 bits per heavy atom. The van der Waals surface area contributed by atoms with E-state index in [0.29, 0.717) is 12.0 Å². The van der Waals surface area contributed by atoms with Gasteiger partial charge in [-0.05, 0) is 18.4 Å². The molecule has 47 heavy (non-hydrogen) atoms. The van der Waals surface area contributed by atoms with Crippen LogP contribution in [0.25, 0.3) is 11.0 Å². The first-order valence-electron chi connectivity index (χ1n) is 13.6. The van der Waals surface area contributed by atoms with Gasteiger partial charge in [0.25, 0.3) is 11.2 Å². The summed E-state index contributed by atoms with van der Waals surface area (Å²) in [5.74, 6) is -0.184. The van der Waals surface area contributed by atoms with Gasteiger partial charge in [0.1, 0.15) is 12.3 Å². The summed E-state index contributed by atoms with van der Waals surface area (Å²) in [6.45, 7) is 2.70. The van der Waals surface area contributed by atoms with Crippen LogP contribution >= 0.6 is 23.5 Å². The van der Waals surface area contributed by atoms with Crippen molar-refractivity contribution in [2.45, 2.75) is 57.8 Å². The third kappa shape index (κ3) is 9.61. The van der Waals surface area contributed by atoms with Crippen LogP contribution in [0.1, 0.15) is 50.1 Å². The summed E-state index contributed by atoms with van der Waals surface area (Å²) >= 11 is 0. The highest BCUT2D eigenvalue weighted by molar-refractivity contribution is 7.66. The van der Waals surface area contributed by atoms with Crippen LogP contribution in [0.4, 0.5) is 11.6 Å². The highest BCUT2D eigenvalue weighted by Gasteiger charge is 2.43. The second kappa shape index (κ2) is 14.3. The Labute approximate surface area is 264 Å². The van der Waals surface area contributed by atoms with Crippen LogP contribution < -0.4 is 11.3 Å². The largest absolute Gasteiger partial charge is 0.490 e. The van der Waals surface area contributed by atoms with Crippen LogP contribution in [0.5, 0.6) is 0 Å². The Balaban J connectivity index is 1.56. The number of phosphoric acid groups is 3. The Morgan fingerprint density at radius 3 is 2.49 bits per heavy atom. The fourth-order valence-corrected chi connectivity index (χ4v) is 7.94. The zero-order valence-electron chi connectivity index (χ0n) is 24.6. The molecule has 3 aromatic rings. The number of ether oxygens (including phenoxy) is 2. The van der Waals surface area contributed by atoms with Crippen LogP contribution in [0.15, 0.2) is 35.3 Å². The highest BCUT2D eigenvalue weighted by Crippen LogP contribution is 2.66. The average Bonchev–Trinajstić information content (AvgIpc) is 3.47. The van der Waals surface area contributed by atoms with Crippen molar-refractivity contribution in [3.05, 3.63) is 62.1 Å². The number of nitrogens with one attached hydrogen (secondary N) is 1. The van der Waals surface area contributed by atoms with Crippen molar-refractivity contribution < 1.29 is 65.9 Å². The molecule has 21 nitrogen and oxygen atoms in total. The van der Waals surface area contributed by atoms with Gasteiger partial charge < -0.3 is 44.5 Å². The van der Waals surface area contributed by atoms with Gasteiger partial charge in [0.15, 0.2) is 5.65 Å². The molecule has 1 fully saturated rings. The minimum atomic E-state index is -5.76. The van der Waals surface area contributed by atoms with Crippen molar-refractivity contribution in [3.8, 4) is 0 Å². The summed E-state index contributed by atoms with van der Waals surface area (Å²) in [5.41, 5.74) is 5.65. The van der Waals surface area contributed by atoms with E-state index >= 15 is 0 Å². The van der Waals surface area contributed by atoms with Gasteiger partial charge in [-0.15, -0.1) is 0 Å². The number of aliphatic hydroxyl groups is 1. The SMILES string of the molecule is CC(C)CC(OCc1cn([C@H]2C[C@@H](O)[C@@H](COP(=O)(O)OP(=O)(O)OP(=O)(O)O)O2)c2nc(N)[nH]c(=O)c12)c1ccccc1[N+](=O)[O-]. The molecule has 24 heteroatoms. The summed E-state index contributed by atoms with van der Waals surface area (Å²) in [6.07, 6.45) is -2.89. The number of hydrogen-bond acceptors (Lipinski definition) is 14. The van der Waals surface area contributed by atoms with Crippen LogP contribution in [0.3, 0.4) is 0 Å². The number of nitrogens with two attached hydrogens (primary N) is 1. The lowest BCUT2D eigenvalue weighted by molar-refractivity contribution is -0.386. The van der Waals surface area contributed by atoms with Gasteiger partial charge >= 0.3 is 23.5 Å². The van der Waals surface area contributed by atoms with E-state index in [0.717, 1.165) is 0 Å². The molecule has 3 unspecified atom stereocenters. The highest BCUT2D eigenvalue weighted by atomic mass is 31.3. The summed E-state index contributed by atoms with van der Waals surface area (Å²) in [5, 5.41) is 22.3. The number of H-pyrrole nitrogens is 1. The number of aromatic nitrogens is 3. The normalized spacial score (nSPS) is 21.9. The number of anilines is 1. The van der Waals surface area contributed by atoms with E-state index in [2.05, 4.69) is 23.1 Å². The van der Waals surface area contributed by atoms with Crippen LogP contribution in [0.2, 0.25) is 0 Å². The zero-order valence-corrected chi connectivity index (χ0v) is 27.3. The number of hydrogen-bond donors (Lipinski definition) is 7. The van der Waals surface area contributed by atoms with Gasteiger partial charge in [0.2, 0.25) is 5.95 Å². The molecular formula is C23H32N5O16P3. The minimum Gasteiger partial charge on any atom is -0.390 e. The van der Waals surface area contributed by atoms with Gasteiger partial charge in [-0.25, -0.2) is 13.7 Å². The number of para-hydroxylation sites is 1. The maximum absolute atomic E-state index is 13.0. The number of aliphatic hydroxyl groups excluding tert-OH is 1. The van der Waals surface area contributed by atoms with Gasteiger partial charge in [-0.3, -0.25) is 24.4 Å². The molecule has 3 heterocycles. The molecule has 1 saturated heterocycles. The van der Waals surface area contributed by atoms with Crippen LogP contribution in [0, 0.1) is 16.0 Å². The molecule has 1 aliphatic heterocycles. The zero-order chi connectivity index (χ0) is 34.9. The number of nitro groups is 1. The first-order chi connectivity index (χ1) is 21.7. The molecule has 8 N–H and O–H groups in total. The van der Waals surface area contributed by atoms with Gasteiger partial charge in [0.05, 0.1) is 41.3 Å². The predicted molar refractivity (Wildman–Crippen MR) is 159 cm³/mol. The molecule has 0 amide bonds. The number of nitrogen functional groups attached to an aromatic ring is 1. The van der Waals surface area contributed by atoms with E-state index in [1.54, 1.807) is 12.1 Å². The van der Waals surface area contributed by atoms with Crippen molar-refractivity contribution in [2.24, 2.45) is 5.92 Å². The molecular weight excluding hydrogens is 695 g/mol.